The van der Waals surface area contributed by atoms with Crippen LogP contribution in [0.4, 0.5) is 10.1 Å². The van der Waals surface area contributed by atoms with Gasteiger partial charge in [-0.25, -0.2) is 14.2 Å². The maximum Gasteiger partial charge on any atom is 0.350 e. The molecule has 0 saturated heterocycles. The highest BCUT2D eigenvalue weighted by molar-refractivity contribution is 7.13. The number of carbonyl (C=O) groups excluding carboxylic acids is 2. The van der Waals surface area contributed by atoms with Crippen molar-refractivity contribution in [3.8, 4) is 5.75 Å². The number of amides is 1. The maximum absolute atomic E-state index is 13.0. The molecule has 0 atom stereocenters. The SMILES string of the molecule is Cc1nc(COc2ccc(F)cc2)sc1C(=O)OCC(=O)N(c1ccccc1)C(C)C. The van der Waals surface area contributed by atoms with Gasteiger partial charge in [0.25, 0.3) is 5.91 Å². The highest BCUT2D eigenvalue weighted by Crippen LogP contribution is 2.22. The fourth-order valence-corrected chi connectivity index (χ4v) is 3.83. The molecular formula is C23H23FN2O4S. The number of nitrogens with zero attached hydrogens (tertiary/aromatic N) is 2. The summed E-state index contributed by atoms with van der Waals surface area (Å²) in [4.78, 5) is 31.4. The van der Waals surface area contributed by atoms with Gasteiger partial charge in [-0.15, -0.1) is 11.3 Å². The second-order valence-electron chi connectivity index (χ2n) is 7.03. The molecule has 0 saturated carbocycles. The van der Waals surface area contributed by atoms with Gasteiger partial charge < -0.3 is 14.4 Å². The molecule has 31 heavy (non-hydrogen) atoms. The van der Waals surface area contributed by atoms with Crippen molar-refractivity contribution >= 4 is 28.9 Å². The molecule has 1 heterocycles. The van der Waals surface area contributed by atoms with E-state index in [0.717, 1.165) is 17.0 Å². The zero-order chi connectivity index (χ0) is 22.4. The van der Waals surface area contributed by atoms with Crippen LogP contribution in [-0.4, -0.2) is 29.5 Å². The number of para-hydroxylation sites is 1. The lowest BCUT2D eigenvalue weighted by atomic mass is 10.2. The van der Waals surface area contributed by atoms with Crippen molar-refractivity contribution < 1.29 is 23.5 Å². The molecule has 0 N–H and O–H groups in total. The second-order valence-corrected chi connectivity index (χ2v) is 8.12. The van der Waals surface area contributed by atoms with Crippen LogP contribution in [0.2, 0.25) is 0 Å². The molecule has 0 bridgehead atoms. The van der Waals surface area contributed by atoms with E-state index in [2.05, 4.69) is 4.98 Å². The minimum absolute atomic E-state index is 0.0889. The Kier molecular flexibility index (Phi) is 7.36. The normalized spacial score (nSPS) is 10.7. The van der Waals surface area contributed by atoms with E-state index in [1.54, 1.807) is 11.8 Å². The van der Waals surface area contributed by atoms with Gasteiger partial charge in [0.15, 0.2) is 6.61 Å². The molecule has 0 aliphatic carbocycles. The summed E-state index contributed by atoms with van der Waals surface area (Å²) in [5.41, 5.74) is 1.25. The third-order valence-electron chi connectivity index (χ3n) is 4.35. The molecular weight excluding hydrogens is 419 g/mol. The van der Waals surface area contributed by atoms with E-state index in [9.17, 15) is 14.0 Å². The molecule has 162 valence electrons. The van der Waals surface area contributed by atoms with Gasteiger partial charge in [0.2, 0.25) is 0 Å². The summed E-state index contributed by atoms with van der Waals surface area (Å²) >= 11 is 1.14. The molecule has 1 amide bonds. The molecule has 2 aromatic carbocycles. The Labute approximate surface area is 184 Å². The van der Waals surface area contributed by atoms with E-state index in [1.165, 1.54) is 24.3 Å². The molecule has 0 unspecified atom stereocenters. The molecule has 0 fully saturated rings. The van der Waals surface area contributed by atoms with Gasteiger partial charge >= 0.3 is 5.97 Å². The first-order chi connectivity index (χ1) is 14.8. The number of rotatable bonds is 8. The minimum atomic E-state index is -0.604. The van der Waals surface area contributed by atoms with Crippen LogP contribution in [0.1, 0.15) is 34.2 Å². The topological polar surface area (TPSA) is 68.7 Å². The van der Waals surface area contributed by atoms with Gasteiger partial charge in [0, 0.05) is 11.7 Å². The molecule has 3 aromatic rings. The van der Waals surface area contributed by atoms with Crippen LogP contribution in [0.5, 0.6) is 5.75 Å². The standard InChI is InChI=1S/C23H23FN2O4S/c1-15(2)26(18-7-5-4-6-8-18)21(27)14-30-23(28)22-16(3)25-20(31-22)13-29-19-11-9-17(24)10-12-19/h4-12,15H,13-14H2,1-3H3. The van der Waals surface area contributed by atoms with Crippen LogP contribution in [0.15, 0.2) is 54.6 Å². The highest BCUT2D eigenvalue weighted by atomic mass is 32.1. The Morgan fingerprint density at radius 2 is 1.77 bits per heavy atom. The maximum atomic E-state index is 13.0. The fraction of sp³-hybridized carbons (Fsp3) is 0.261. The first-order valence-corrected chi connectivity index (χ1v) is 10.6. The van der Waals surface area contributed by atoms with Crippen molar-refractivity contribution in [1.29, 1.82) is 0 Å². The Hall–Kier alpha value is -3.26. The van der Waals surface area contributed by atoms with Crippen LogP contribution in [0.25, 0.3) is 0 Å². The van der Waals surface area contributed by atoms with Crippen molar-refractivity contribution in [3.63, 3.8) is 0 Å². The third-order valence-corrected chi connectivity index (χ3v) is 5.46. The number of thiazole rings is 1. The summed E-state index contributed by atoms with van der Waals surface area (Å²) in [5.74, 6) is -0.760. The van der Waals surface area contributed by atoms with Crippen molar-refractivity contribution in [2.75, 3.05) is 11.5 Å². The van der Waals surface area contributed by atoms with Crippen LogP contribution in [0.3, 0.4) is 0 Å². The largest absolute Gasteiger partial charge is 0.486 e. The van der Waals surface area contributed by atoms with Gasteiger partial charge in [0.1, 0.15) is 28.1 Å². The van der Waals surface area contributed by atoms with E-state index in [1.807, 2.05) is 44.2 Å². The first kappa shape index (κ1) is 22.4. The zero-order valence-electron chi connectivity index (χ0n) is 17.5. The number of ether oxygens (including phenoxy) is 2. The summed E-state index contributed by atoms with van der Waals surface area (Å²) in [6.07, 6.45) is 0. The number of carbonyl (C=O) groups is 2. The number of halogens is 1. The molecule has 0 aliphatic heterocycles. The zero-order valence-corrected chi connectivity index (χ0v) is 18.3. The number of aryl methyl sites for hydroxylation is 1. The lowest BCUT2D eigenvalue weighted by Gasteiger charge is -2.26. The number of esters is 1. The molecule has 0 radical (unpaired) electrons. The van der Waals surface area contributed by atoms with E-state index in [4.69, 9.17) is 9.47 Å². The molecule has 3 rings (SSSR count). The van der Waals surface area contributed by atoms with Crippen molar-refractivity contribution in [2.24, 2.45) is 0 Å². The van der Waals surface area contributed by atoms with Crippen molar-refractivity contribution in [1.82, 2.24) is 4.98 Å². The summed E-state index contributed by atoms with van der Waals surface area (Å²) in [6.45, 7) is 5.25. The van der Waals surface area contributed by atoms with Crippen LogP contribution in [-0.2, 0) is 16.1 Å². The second kappa shape index (κ2) is 10.2. The highest BCUT2D eigenvalue weighted by Gasteiger charge is 2.23. The third kappa shape index (κ3) is 5.88. The number of benzene rings is 2. The summed E-state index contributed by atoms with van der Waals surface area (Å²) < 4.78 is 23.8. The molecule has 0 spiro atoms. The van der Waals surface area contributed by atoms with Crippen LogP contribution < -0.4 is 9.64 Å². The van der Waals surface area contributed by atoms with Gasteiger partial charge in [-0.3, -0.25) is 4.79 Å². The van der Waals surface area contributed by atoms with Gasteiger partial charge in [-0.2, -0.15) is 0 Å². The molecule has 8 heteroatoms. The van der Waals surface area contributed by atoms with Crippen LogP contribution in [0, 0.1) is 12.7 Å². The number of hydrogen-bond acceptors (Lipinski definition) is 6. The Morgan fingerprint density at radius 1 is 1.10 bits per heavy atom. The summed E-state index contributed by atoms with van der Waals surface area (Å²) in [6, 6.07) is 14.8. The smallest absolute Gasteiger partial charge is 0.350 e. The van der Waals surface area contributed by atoms with E-state index in [-0.39, 0.29) is 31.0 Å². The fourth-order valence-electron chi connectivity index (χ4n) is 2.96. The molecule has 1 aromatic heterocycles. The lowest BCUT2D eigenvalue weighted by molar-refractivity contribution is -0.122. The lowest BCUT2D eigenvalue weighted by Crippen LogP contribution is -2.39. The minimum Gasteiger partial charge on any atom is -0.486 e. The van der Waals surface area contributed by atoms with Crippen molar-refractivity contribution in [3.05, 3.63) is 76.0 Å². The number of aromatic nitrogens is 1. The number of anilines is 1. The number of hydrogen-bond donors (Lipinski definition) is 0. The summed E-state index contributed by atoms with van der Waals surface area (Å²) in [5, 5.41) is 0.577. The van der Waals surface area contributed by atoms with Crippen LogP contribution >= 0.6 is 11.3 Å². The van der Waals surface area contributed by atoms with E-state index >= 15 is 0 Å². The van der Waals surface area contributed by atoms with Gasteiger partial charge in [0.05, 0.1) is 5.69 Å². The average Bonchev–Trinajstić information content (AvgIpc) is 3.13. The summed E-state index contributed by atoms with van der Waals surface area (Å²) in [7, 11) is 0. The Bertz CT molecular complexity index is 1040. The van der Waals surface area contributed by atoms with Crippen molar-refractivity contribution in [2.45, 2.75) is 33.4 Å². The van der Waals surface area contributed by atoms with E-state index < -0.39 is 5.97 Å². The predicted molar refractivity (Wildman–Crippen MR) is 117 cm³/mol. The Balaban J connectivity index is 1.60. The predicted octanol–water partition coefficient (Wildman–Crippen LogP) is 4.77. The average molecular weight is 443 g/mol. The van der Waals surface area contributed by atoms with Gasteiger partial charge in [-0.1, -0.05) is 18.2 Å². The Morgan fingerprint density at radius 3 is 2.42 bits per heavy atom. The van der Waals surface area contributed by atoms with E-state index in [0.29, 0.717) is 21.3 Å². The molecule has 6 nitrogen and oxygen atoms in total. The first-order valence-electron chi connectivity index (χ1n) is 9.74. The van der Waals surface area contributed by atoms with Gasteiger partial charge in [-0.05, 0) is 57.2 Å². The molecule has 0 aliphatic rings. The monoisotopic (exact) mass is 442 g/mol. The quantitative estimate of drug-likeness (QED) is 0.470.